The topological polar surface area (TPSA) is 99.5 Å². The zero-order valence-corrected chi connectivity index (χ0v) is 14.4. The second kappa shape index (κ2) is 8.33. The average Bonchev–Trinajstić information content (AvgIpc) is 2.66. The molecule has 2 aromatic rings. The van der Waals surface area contributed by atoms with Gasteiger partial charge >= 0.3 is 5.69 Å². The fourth-order valence-corrected chi connectivity index (χ4v) is 2.97. The molecule has 0 atom stereocenters. The van der Waals surface area contributed by atoms with Crippen molar-refractivity contribution in [2.75, 3.05) is 5.43 Å². The van der Waals surface area contributed by atoms with E-state index in [1.165, 1.54) is 22.8 Å². The average molecular weight is 354 g/mol. The van der Waals surface area contributed by atoms with Gasteiger partial charge in [-0.15, -0.1) is 0 Å². The van der Waals surface area contributed by atoms with Gasteiger partial charge in [0.05, 0.1) is 11.9 Å². The van der Waals surface area contributed by atoms with Crippen LogP contribution in [0.15, 0.2) is 56.7 Å². The first kappa shape index (κ1) is 17.7. The molecule has 1 aliphatic carbocycles. The number of nitrogens with zero attached hydrogens (tertiary/aromatic N) is 2. The van der Waals surface area contributed by atoms with Gasteiger partial charge in [-0.1, -0.05) is 29.8 Å². The summed E-state index contributed by atoms with van der Waals surface area (Å²) in [6.45, 7) is 0.320. The summed E-state index contributed by atoms with van der Waals surface area (Å²) in [6, 6.07) is 9.22. The Labute approximate surface area is 150 Å². The van der Waals surface area contributed by atoms with E-state index in [2.05, 4.69) is 21.6 Å². The van der Waals surface area contributed by atoms with E-state index in [4.69, 9.17) is 0 Å². The Hall–Kier alpha value is -3.09. The molecule has 0 unspecified atom stereocenters. The number of aromatic hydroxyl groups is 1. The number of aromatic amines is 1. The maximum Gasteiger partial charge on any atom is 0.331 e. The molecule has 7 heteroatoms. The van der Waals surface area contributed by atoms with E-state index in [0.717, 1.165) is 24.9 Å². The van der Waals surface area contributed by atoms with Crippen LogP contribution in [0.3, 0.4) is 0 Å². The van der Waals surface area contributed by atoms with Gasteiger partial charge in [0.15, 0.2) is 0 Å². The molecule has 3 N–H and O–H groups in total. The van der Waals surface area contributed by atoms with Gasteiger partial charge in [-0.25, -0.2) is 4.79 Å². The molecule has 26 heavy (non-hydrogen) atoms. The predicted molar refractivity (Wildman–Crippen MR) is 102 cm³/mol. The van der Waals surface area contributed by atoms with Gasteiger partial charge in [0.25, 0.3) is 5.56 Å². The van der Waals surface area contributed by atoms with E-state index in [0.29, 0.717) is 13.0 Å². The molecule has 1 aromatic carbocycles. The van der Waals surface area contributed by atoms with E-state index < -0.39 is 11.2 Å². The molecule has 7 nitrogen and oxygen atoms in total. The lowest BCUT2D eigenvalue weighted by Gasteiger charge is -2.14. The van der Waals surface area contributed by atoms with Crippen molar-refractivity contribution in [3.63, 3.8) is 0 Å². The summed E-state index contributed by atoms with van der Waals surface area (Å²) in [5, 5.41) is 14.4. The van der Waals surface area contributed by atoms with E-state index in [-0.39, 0.29) is 11.4 Å². The zero-order valence-electron chi connectivity index (χ0n) is 14.4. The molecule has 1 heterocycles. The van der Waals surface area contributed by atoms with E-state index in [1.54, 1.807) is 0 Å². The SMILES string of the molecule is O=c1[nH]c(=O)n(CCC2=CCCCC2)c(O)c1C=NNc1ccccc1. The lowest BCUT2D eigenvalue weighted by molar-refractivity contribution is 0.398. The summed E-state index contributed by atoms with van der Waals surface area (Å²) in [4.78, 5) is 26.3. The van der Waals surface area contributed by atoms with E-state index >= 15 is 0 Å². The number of nitrogens with one attached hydrogen (secondary N) is 2. The predicted octanol–water partition coefficient (Wildman–Crippen LogP) is 2.58. The number of rotatable bonds is 6. The second-order valence-corrected chi connectivity index (χ2v) is 6.24. The number of hydrogen-bond acceptors (Lipinski definition) is 5. The van der Waals surface area contributed by atoms with Crippen molar-refractivity contribution in [2.45, 2.75) is 38.6 Å². The Balaban J connectivity index is 1.78. The van der Waals surface area contributed by atoms with Crippen LogP contribution in [0.1, 0.15) is 37.7 Å². The lowest BCUT2D eigenvalue weighted by atomic mass is 9.97. The Morgan fingerprint density at radius 1 is 1.23 bits per heavy atom. The third kappa shape index (κ3) is 4.30. The maximum absolute atomic E-state index is 12.0. The van der Waals surface area contributed by atoms with Gasteiger partial charge in [0.1, 0.15) is 5.56 Å². The van der Waals surface area contributed by atoms with Crippen LogP contribution in [0.2, 0.25) is 0 Å². The first-order valence-corrected chi connectivity index (χ1v) is 8.73. The fourth-order valence-electron chi connectivity index (χ4n) is 2.97. The van der Waals surface area contributed by atoms with Crippen molar-refractivity contribution in [3.05, 3.63) is 68.4 Å². The van der Waals surface area contributed by atoms with Gasteiger partial charge in [-0.2, -0.15) is 5.10 Å². The fraction of sp³-hybridized carbons (Fsp3) is 0.316. The monoisotopic (exact) mass is 354 g/mol. The van der Waals surface area contributed by atoms with Crippen molar-refractivity contribution in [1.29, 1.82) is 0 Å². The highest BCUT2D eigenvalue weighted by Gasteiger charge is 2.13. The van der Waals surface area contributed by atoms with E-state index in [1.807, 2.05) is 30.3 Å². The summed E-state index contributed by atoms with van der Waals surface area (Å²) in [7, 11) is 0. The minimum atomic E-state index is -0.667. The van der Waals surface area contributed by atoms with Gasteiger partial charge in [0, 0.05) is 6.54 Å². The maximum atomic E-state index is 12.0. The van der Waals surface area contributed by atoms with Crippen molar-refractivity contribution >= 4 is 11.9 Å². The van der Waals surface area contributed by atoms with Crippen LogP contribution in [0.25, 0.3) is 0 Å². The van der Waals surface area contributed by atoms with Gasteiger partial charge in [0.2, 0.25) is 5.88 Å². The zero-order chi connectivity index (χ0) is 18.4. The first-order valence-electron chi connectivity index (χ1n) is 8.73. The summed E-state index contributed by atoms with van der Waals surface area (Å²) >= 11 is 0. The molecule has 0 spiro atoms. The van der Waals surface area contributed by atoms with Crippen LogP contribution >= 0.6 is 0 Å². The molecule has 1 aromatic heterocycles. The summed E-state index contributed by atoms with van der Waals surface area (Å²) in [5.41, 5.74) is 3.48. The van der Waals surface area contributed by atoms with Gasteiger partial charge in [-0.3, -0.25) is 19.8 Å². The third-order valence-electron chi connectivity index (χ3n) is 4.41. The number of hydrogen-bond donors (Lipinski definition) is 3. The minimum absolute atomic E-state index is 0.0503. The molecule has 0 saturated carbocycles. The molecular weight excluding hydrogens is 332 g/mol. The lowest BCUT2D eigenvalue weighted by Crippen LogP contribution is -2.32. The van der Waals surface area contributed by atoms with Crippen molar-refractivity contribution in [3.8, 4) is 5.88 Å². The van der Waals surface area contributed by atoms with Crippen molar-refractivity contribution in [1.82, 2.24) is 9.55 Å². The number of benzene rings is 1. The molecular formula is C19H22N4O3. The Morgan fingerprint density at radius 2 is 2.04 bits per heavy atom. The summed E-state index contributed by atoms with van der Waals surface area (Å²) in [6.07, 6.45) is 8.53. The highest BCUT2D eigenvalue weighted by Crippen LogP contribution is 2.21. The molecule has 136 valence electrons. The highest BCUT2D eigenvalue weighted by molar-refractivity contribution is 5.82. The van der Waals surface area contributed by atoms with Gasteiger partial charge < -0.3 is 5.11 Å². The molecule has 1 aliphatic rings. The van der Waals surface area contributed by atoms with Crippen LogP contribution in [0, 0.1) is 0 Å². The first-order chi connectivity index (χ1) is 12.6. The number of para-hydroxylation sites is 1. The van der Waals surface area contributed by atoms with E-state index in [9.17, 15) is 14.7 Å². The molecule has 0 bridgehead atoms. The number of allylic oxidation sites excluding steroid dienone is 2. The van der Waals surface area contributed by atoms with Crippen molar-refractivity contribution in [2.24, 2.45) is 5.10 Å². The van der Waals surface area contributed by atoms with Crippen LogP contribution < -0.4 is 16.7 Å². The van der Waals surface area contributed by atoms with Crippen LogP contribution in [-0.4, -0.2) is 20.9 Å². The summed E-state index contributed by atoms with van der Waals surface area (Å²) in [5.74, 6) is -0.367. The molecule has 0 radical (unpaired) electrons. The van der Waals surface area contributed by atoms with Crippen LogP contribution in [-0.2, 0) is 6.54 Å². The molecule has 0 fully saturated rings. The molecule has 0 amide bonds. The smallest absolute Gasteiger partial charge is 0.331 e. The highest BCUT2D eigenvalue weighted by atomic mass is 16.3. The Bertz CT molecular complexity index is 926. The second-order valence-electron chi connectivity index (χ2n) is 6.24. The molecule has 3 rings (SSSR count). The number of aromatic nitrogens is 2. The van der Waals surface area contributed by atoms with Crippen LogP contribution in [0.4, 0.5) is 5.69 Å². The minimum Gasteiger partial charge on any atom is -0.494 e. The normalized spacial score (nSPS) is 14.4. The Kier molecular flexibility index (Phi) is 5.68. The van der Waals surface area contributed by atoms with Gasteiger partial charge in [-0.05, 0) is 44.2 Å². The third-order valence-corrected chi connectivity index (χ3v) is 4.41. The Morgan fingerprint density at radius 3 is 2.77 bits per heavy atom. The number of anilines is 1. The largest absolute Gasteiger partial charge is 0.494 e. The molecule has 0 saturated heterocycles. The quantitative estimate of drug-likeness (QED) is 0.422. The number of hydrazone groups is 1. The number of H-pyrrole nitrogens is 1. The molecule has 0 aliphatic heterocycles. The van der Waals surface area contributed by atoms with Crippen LogP contribution in [0.5, 0.6) is 5.88 Å². The van der Waals surface area contributed by atoms with Crippen molar-refractivity contribution < 1.29 is 5.11 Å². The summed E-state index contributed by atoms with van der Waals surface area (Å²) < 4.78 is 1.18. The standard InChI is InChI=1S/C19H22N4O3/c24-17-16(13-20-22-15-9-5-2-6-10-15)18(25)23(19(26)21-17)12-11-14-7-3-1-4-8-14/h2,5-7,9-10,13,22,25H,1,3-4,8,11-12H2,(H,21,24,26).